The Labute approximate surface area is 183 Å². The number of aryl methyl sites for hydroxylation is 1. The number of carbonyl (C=O) groups excluding carboxylic acids is 1. The minimum Gasteiger partial charge on any atom is -0.489 e. The lowest BCUT2D eigenvalue weighted by molar-refractivity contribution is -0.120. The molecule has 158 valence electrons. The maximum atomic E-state index is 12.7. The van der Waals surface area contributed by atoms with Crippen LogP contribution in [0, 0.1) is 0 Å². The van der Waals surface area contributed by atoms with E-state index < -0.39 is 0 Å². The van der Waals surface area contributed by atoms with Crippen molar-refractivity contribution in [2.24, 2.45) is 0 Å². The summed E-state index contributed by atoms with van der Waals surface area (Å²) in [5.41, 5.74) is 4.56. The van der Waals surface area contributed by atoms with Crippen LogP contribution < -0.4 is 9.64 Å². The standard InChI is InChI=1S/C27H27NO3/c29-27-14-11-22-15-24(30-18-20-7-3-1-4-8-20)12-13-26(22)28(27)23-16-25(17-23)31-19-21-9-5-2-6-10-21/h1-10,12-13,15,23,25H,11,14,16-19H2/t23-,25-. The Kier molecular flexibility index (Phi) is 5.72. The Hall–Kier alpha value is -3.11. The number of benzene rings is 3. The van der Waals surface area contributed by atoms with Gasteiger partial charge in [-0.05, 0) is 54.2 Å². The summed E-state index contributed by atoms with van der Waals surface area (Å²) in [6.45, 7) is 1.18. The van der Waals surface area contributed by atoms with E-state index in [4.69, 9.17) is 9.47 Å². The van der Waals surface area contributed by atoms with E-state index in [0.29, 0.717) is 19.6 Å². The molecule has 5 rings (SSSR count). The molecule has 4 heteroatoms. The van der Waals surface area contributed by atoms with Gasteiger partial charge in [0.2, 0.25) is 5.91 Å². The van der Waals surface area contributed by atoms with E-state index in [-0.39, 0.29) is 18.1 Å². The fourth-order valence-electron chi connectivity index (χ4n) is 4.40. The highest BCUT2D eigenvalue weighted by molar-refractivity contribution is 5.97. The lowest BCUT2D eigenvalue weighted by Crippen LogP contribution is -2.52. The van der Waals surface area contributed by atoms with Gasteiger partial charge in [-0.25, -0.2) is 0 Å². The predicted molar refractivity (Wildman–Crippen MR) is 121 cm³/mol. The predicted octanol–water partition coefficient (Wildman–Crippen LogP) is 5.29. The van der Waals surface area contributed by atoms with Gasteiger partial charge >= 0.3 is 0 Å². The van der Waals surface area contributed by atoms with Gasteiger partial charge in [-0.2, -0.15) is 0 Å². The zero-order valence-corrected chi connectivity index (χ0v) is 17.6. The average molecular weight is 414 g/mol. The third-order valence-corrected chi connectivity index (χ3v) is 6.20. The highest BCUT2D eigenvalue weighted by Gasteiger charge is 2.39. The number of carbonyl (C=O) groups is 1. The van der Waals surface area contributed by atoms with Crippen LogP contribution in [-0.2, 0) is 29.2 Å². The Balaban J connectivity index is 1.21. The summed E-state index contributed by atoms with van der Waals surface area (Å²) in [6.07, 6.45) is 3.33. The van der Waals surface area contributed by atoms with Gasteiger partial charge in [-0.1, -0.05) is 60.7 Å². The smallest absolute Gasteiger partial charge is 0.227 e. The molecule has 0 aromatic heterocycles. The first-order valence-corrected chi connectivity index (χ1v) is 11.0. The van der Waals surface area contributed by atoms with E-state index in [2.05, 4.69) is 30.3 Å². The maximum absolute atomic E-state index is 12.7. The summed E-state index contributed by atoms with van der Waals surface area (Å²) >= 11 is 0. The Morgan fingerprint density at radius 1 is 0.806 bits per heavy atom. The second-order valence-corrected chi connectivity index (χ2v) is 8.37. The minimum absolute atomic E-state index is 0.219. The van der Waals surface area contributed by atoms with Crippen LogP contribution in [0.3, 0.4) is 0 Å². The second kappa shape index (κ2) is 8.94. The highest BCUT2D eigenvalue weighted by atomic mass is 16.5. The Morgan fingerprint density at radius 3 is 2.19 bits per heavy atom. The Bertz CT molecular complexity index is 1030. The maximum Gasteiger partial charge on any atom is 0.227 e. The second-order valence-electron chi connectivity index (χ2n) is 8.37. The number of hydrogen-bond donors (Lipinski definition) is 0. The van der Waals surface area contributed by atoms with Crippen molar-refractivity contribution in [1.82, 2.24) is 0 Å². The summed E-state index contributed by atoms with van der Waals surface area (Å²) in [5, 5.41) is 0. The molecule has 0 radical (unpaired) electrons. The molecule has 0 saturated heterocycles. The van der Waals surface area contributed by atoms with E-state index >= 15 is 0 Å². The van der Waals surface area contributed by atoms with Crippen LogP contribution in [0.5, 0.6) is 5.75 Å². The number of anilines is 1. The van der Waals surface area contributed by atoms with Crippen molar-refractivity contribution >= 4 is 11.6 Å². The van der Waals surface area contributed by atoms with Gasteiger partial charge in [0.25, 0.3) is 0 Å². The van der Waals surface area contributed by atoms with Crippen LogP contribution in [0.15, 0.2) is 78.9 Å². The average Bonchev–Trinajstić information content (AvgIpc) is 2.79. The fraction of sp³-hybridized carbons (Fsp3) is 0.296. The number of nitrogens with zero attached hydrogens (tertiary/aromatic N) is 1. The molecule has 31 heavy (non-hydrogen) atoms. The van der Waals surface area contributed by atoms with Crippen molar-refractivity contribution in [2.75, 3.05) is 4.90 Å². The molecule has 0 N–H and O–H groups in total. The van der Waals surface area contributed by atoms with Crippen molar-refractivity contribution in [2.45, 2.75) is 51.0 Å². The van der Waals surface area contributed by atoms with Crippen LogP contribution in [0.4, 0.5) is 5.69 Å². The van der Waals surface area contributed by atoms with Gasteiger partial charge < -0.3 is 14.4 Å². The zero-order chi connectivity index (χ0) is 21.0. The van der Waals surface area contributed by atoms with Crippen molar-refractivity contribution < 1.29 is 14.3 Å². The molecular weight excluding hydrogens is 386 g/mol. The van der Waals surface area contributed by atoms with Crippen LogP contribution in [0.25, 0.3) is 0 Å². The van der Waals surface area contributed by atoms with Crippen molar-refractivity contribution in [3.8, 4) is 5.75 Å². The largest absolute Gasteiger partial charge is 0.489 e. The number of fused-ring (bicyclic) bond motifs is 1. The highest BCUT2D eigenvalue weighted by Crippen LogP contribution is 2.38. The van der Waals surface area contributed by atoms with E-state index in [1.165, 1.54) is 11.1 Å². The number of amides is 1. The van der Waals surface area contributed by atoms with E-state index in [0.717, 1.165) is 36.3 Å². The summed E-state index contributed by atoms with van der Waals surface area (Å²) in [5.74, 6) is 1.08. The first-order valence-electron chi connectivity index (χ1n) is 11.0. The van der Waals surface area contributed by atoms with Crippen molar-refractivity contribution in [3.63, 3.8) is 0 Å². The molecule has 4 nitrogen and oxygen atoms in total. The third kappa shape index (κ3) is 4.49. The molecule has 3 aromatic carbocycles. The fourth-order valence-corrected chi connectivity index (χ4v) is 4.40. The molecule has 1 heterocycles. The van der Waals surface area contributed by atoms with Crippen LogP contribution in [0.2, 0.25) is 0 Å². The Morgan fingerprint density at radius 2 is 1.48 bits per heavy atom. The molecule has 1 amide bonds. The first kappa shape index (κ1) is 19.8. The molecule has 0 spiro atoms. The van der Waals surface area contributed by atoms with E-state index in [1.807, 2.05) is 53.4 Å². The minimum atomic E-state index is 0.219. The molecule has 1 aliphatic heterocycles. The SMILES string of the molecule is O=C1CCc2cc(OCc3ccccc3)ccc2N1[C@H]1C[C@H](OCc2ccccc2)C1. The lowest BCUT2D eigenvalue weighted by Gasteiger charge is -2.44. The molecule has 0 unspecified atom stereocenters. The number of rotatable bonds is 7. The lowest BCUT2D eigenvalue weighted by atomic mass is 9.85. The molecule has 0 atom stereocenters. The summed E-state index contributed by atoms with van der Waals surface area (Å²) in [7, 11) is 0. The topological polar surface area (TPSA) is 38.8 Å². The number of hydrogen-bond acceptors (Lipinski definition) is 3. The molecule has 1 fully saturated rings. The first-order chi connectivity index (χ1) is 15.3. The van der Waals surface area contributed by atoms with Gasteiger partial charge in [-0.3, -0.25) is 4.79 Å². The monoisotopic (exact) mass is 413 g/mol. The van der Waals surface area contributed by atoms with Crippen LogP contribution in [0.1, 0.15) is 36.0 Å². The summed E-state index contributed by atoms with van der Waals surface area (Å²) < 4.78 is 12.0. The van der Waals surface area contributed by atoms with Gasteiger partial charge in [-0.15, -0.1) is 0 Å². The van der Waals surface area contributed by atoms with Crippen LogP contribution in [-0.4, -0.2) is 18.1 Å². The van der Waals surface area contributed by atoms with Gasteiger partial charge in [0.1, 0.15) is 12.4 Å². The molecular formula is C27H27NO3. The zero-order valence-electron chi connectivity index (χ0n) is 17.6. The van der Waals surface area contributed by atoms with Gasteiger partial charge in [0.05, 0.1) is 12.7 Å². The summed E-state index contributed by atoms with van der Waals surface area (Å²) in [6, 6.07) is 26.8. The molecule has 2 aliphatic rings. The normalized spacial score (nSPS) is 20.1. The van der Waals surface area contributed by atoms with E-state index in [9.17, 15) is 4.79 Å². The molecule has 1 aliphatic carbocycles. The van der Waals surface area contributed by atoms with E-state index in [1.54, 1.807) is 0 Å². The summed E-state index contributed by atoms with van der Waals surface area (Å²) in [4.78, 5) is 14.7. The van der Waals surface area contributed by atoms with Gasteiger partial charge in [0.15, 0.2) is 0 Å². The molecule has 1 saturated carbocycles. The number of ether oxygens (including phenoxy) is 2. The van der Waals surface area contributed by atoms with Crippen molar-refractivity contribution in [3.05, 3.63) is 95.6 Å². The van der Waals surface area contributed by atoms with Crippen LogP contribution >= 0.6 is 0 Å². The van der Waals surface area contributed by atoms with Gasteiger partial charge in [0, 0.05) is 18.2 Å². The van der Waals surface area contributed by atoms with Crippen molar-refractivity contribution in [1.29, 1.82) is 0 Å². The third-order valence-electron chi connectivity index (χ3n) is 6.20. The molecule has 3 aromatic rings. The molecule has 0 bridgehead atoms. The quantitative estimate of drug-likeness (QED) is 0.528.